The number of carbonyl (C=O) groups is 3. The molecule has 0 unspecified atom stereocenters. The maximum absolute atomic E-state index is 12.6. The van der Waals surface area contributed by atoms with Gasteiger partial charge in [0, 0.05) is 5.69 Å². The van der Waals surface area contributed by atoms with Crippen LogP contribution in [0.15, 0.2) is 29.4 Å². The van der Waals surface area contributed by atoms with Crippen molar-refractivity contribution in [2.75, 3.05) is 17.3 Å². The lowest BCUT2D eigenvalue weighted by molar-refractivity contribution is -0.123. The summed E-state index contributed by atoms with van der Waals surface area (Å²) < 4.78 is 10.7. The fourth-order valence-electron chi connectivity index (χ4n) is 4.28. The maximum atomic E-state index is 12.6. The molecule has 3 N–H and O–H groups in total. The van der Waals surface area contributed by atoms with E-state index < -0.39 is 23.1 Å². The van der Waals surface area contributed by atoms with Gasteiger partial charge in [-0.1, -0.05) is 29.6 Å². The number of nitriles is 1. The monoisotopic (exact) mass is 529 g/mol. The van der Waals surface area contributed by atoms with Gasteiger partial charge in [-0.3, -0.25) is 20.3 Å². The van der Waals surface area contributed by atoms with Gasteiger partial charge in [0.2, 0.25) is 11.6 Å². The number of amides is 3. The molecule has 0 saturated heterocycles. The van der Waals surface area contributed by atoms with Crippen molar-refractivity contribution in [2.24, 2.45) is 5.10 Å². The first-order chi connectivity index (χ1) is 17.2. The van der Waals surface area contributed by atoms with Gasteiger partial charge in [0.15, 0.2) is 5.75 Å². The van der Waals surface area contributed by atoms with E-state index in [0.717, 1.165) is 36.1 Å². The van der Waals surface area contributed by atoms with Crippen molar-refractivity contribution in [1.82, 2.24) is 5.32 Å². The van der Waals surface area contributed by atoms with Gasteiger partial charge in [-0.2, -0.15) is 10.4 Å². The predicted molar refractivity (Wildman–Crippen MR) is 134 cm³/mol. The van der Waals surface area contributed by atoms with Crippen molar-refractivity contribution in [3.63, 3.8) is 0 Å². The Hall–Kier alpha value is -3.81. The zero-order valence-corrected chi connectivity index (χ0v) is 20.8. The second-order valence-electron chi connectivity index (χ2n) is 8.23. The van der Waals surface area contributed by atoms with E-state index in [0.29, 0.717) is 5.75 Å². The molecular weight excluding hydrogens is 509 g/mol. The number of nitrogens with one attached hydrogen (secondary N) is 3. The third-order valence-corrected chi connectivity index (χ3v) is 6.66. The summed E-state index contributed by atoms with van der Waals surface area (Å²) >= 11 is 12.8. The lowest BCUT2D eigenvalue weighted by Gasteiger charge is -2.37. The molecule has 0 atom stereocenters. The van der Waals surface area contributed by atoms with Crippen molar-refractivity contribution in [2.45, 2.75) is 38.5 Å². The number of nitrogens with zero attached hydrogens (tertiary/aromatic N) is 2. The lowest BCUT2D eigenvalue weighted by atomic mass is 9.64. The Balaban J connectivity index is 1.54. The number of hydrazone groups is 1. The molecule has 3 amide bonds. The van der Waals surface area contributed by atoms with Crippen molar-refractivity contribution in [1.29, 1.82) is 5.26 Å². The van der Waals surface area contributed by atoms with Crippen LogP contribution in [0.2, 0.25) is 10.0 Å². The molecule has 0 bridgehead atoms. The summed E-state index contributed by atoms with van der Waals surface area (Å²) in [5, 5.41) is 18.0. The van der Waals surface area contributed by atoms with E-state index in [1.54, 1.807) is 25.1 Å². The standard InChI is InChI=1S/C24H21Cl2N5O5/c1-3-35-23(34)29-21(32)17(11-27)31-30-13-9-14(25)20(15(26)10-13)36-18-6-5-16-19(12(18)2)24(7-4-8-24)22(33)28-16/h5-6,9-10,30H,3-4,7-8H2,1-2H3,(H,28,33)(H,29,32,34). The molecule has 2 aromatic carbocycles. The summed E-state index contributed by atoms with van der Waals surface area (Å²) in [6, 6.07) is 8.04. The molecule has 10 nitrogen and oxygen atoms in total. The van der Waals surface area contributed by atoms with Gasteiger partial charge >= 0.3 is 6.09 Å². The van der Waals surface area contributed by atoms with Crippen LogP contribution in [-0.4, -0.2) is 30.2 Å². The smallest absolute Gasteiger partial charge is 0.414 e. The molecule has 2 aliphatic rings. The Morgan fingerprint density at radius 2 is 1.94 bits per heavy atom. The number of hydrogen-bond donors (Lipinski definition) is 3. The second kappa shape index (κ2) is 10.0. The Morgan fingerprint density at radius 3 is 2.53 bits per heavy atom. The quantitative estimate of drug-likeness (QED) is 0.351. The number of benzene rings is 2. The largest absolute Gasteiger partial charge is 0.454 e. The minimum Gasteiger partial charge on any atom is -0.454 e. The number of alkyl carbamates (subject to hydrolysis) is 1. The number of carbonyl (C=O) groups excluding carboxylic acids is 3. The minimum absolute atomic E-state index is 0.0173. The summed E-state index contributed by atoms with van der Waals surface area (Å²) in [7, 11) is 0. The number of rotatable bonds is 6. The number of halogens is 2. The topological polar surface area (TPSA) is 142 Å². The highest BCUT2D eigenvalue weighted by molar-refractivity contribution is 6.47. The van der Waals surface area contributed by atoms with E-state index in [9.17, 15) is 19.6 Å². The van der Waals surface area contributed by atoms with Gasteiger partial charge in [0.1, 0.15) is 11.8 Å². The molecule has 186 valence electrons. The first-order valence-electron chi connectivity index (χ1n) is 11.0. The molecule has 1 heterocycles. The van der Waals surface area contributed by atoms with Gasteiger partial charge in [0.05, 0.1) is 27.8 Å². The molecule has 1 aliphatic carbocycles. The molecule has 12 heteroatoms. The normalized spacial score (nSPS) is 15.3. The summed E-state index contributed by atoms with van der Waals surface area (Å²) in [4.78, 5) is 35.9. The summed E-state index contributed by atoms with van der Waals surface area (Å²) in [6.07, 6.45) is 1.58. The zero-order valence-electron chi connectivity index (χ0n) is 19.3. The van der Waals surface area contributed by atoms with Crippen LogP contribution in [0.3, 0.4) is 0 Å². The van der Waals surface area contributed by atoms with Crippen molar-refractivity contribution < 1.29 is 23.9 Å². The molecule has 1 fully saturated rings. The molecule has 0 radical (unpaired) electrons. The third kappa shape index (κ3) is 4.55. The van der Waals surface area contributed by atoms with E-state index in [2.05, 4.69) is 20.6 Å². The van der Waals surface area contributed by atoms with E-state index in [1.807, 2.05) is 12.2 Å². The van der Waals surface area contributed by atoms with Crippen LogP contribution >= 0.6 is 23.2 Å². The highest BCUT2D eigenvalue weighted by atomic mass is 35.5. The zero-order chi connectivity index (χ0) is 26.0. The fraction of sp³-hybridized carbons (Fsp3) is 0.292. The van der Waals surface area contributed by atoms with Crippen molar-refractivity contribution >= 4 is 58.2 Å². The van der Waals surface area contributed by atoms with Crippen LogP contribution in [-0.2, 0) is 19.7 Å². The third-order valence-electron chi connectivity index (χ3n) is 6.10. The Morgan fingerprint density at radius 1 is 1.25 bits per heavy atom. The summed E-state index contributed by atoms with van der Waals surface area (Å²) in [5.41, 5.74) is 4.23. The van der Waals surface area contributed by atoms with E-state index in [4.69, 9.17) is 27.9 Å². The molecule has 1 spiro atoms. The van der Waals surface area contributed by atoms with Gasteiger partial charge in [0.25, 0.3) is 5.91 Å². The van der Waals surface area contributed by atoms with Crippen LogP contribution in [0.5, 0.6) is 11.5 Å². The van der Waals surface area contributed by atoms with Gasteiger partial charge in [-0.25, -0.2) is 4.79 Å². The maximum Gasteiger partial charge on any atom is 0.414 e. The first kappa shape index (κ1) is 25.3. The molecule has 36 heavy (non-hydrogen) atoms. The highest BCUT2D eigenvalue weighted by Crippen LogP contribution is 2.54. The molecule has 1 aliphatic heterocycles. The van der Waals surface area contributed by atoms with Crippen LogP contribution in [0.4, 0.5) is 16.2 Å². The molecular formula is C24H21Cl2N5O5. The summed E-state index contributed by atoms with van der Waals surface area (Å²) in [6.45, 7) is 3.52. The Bertz CT molecular complexity index is 1320. The van der Waals surface area contributed by atoms with Crippen molar-refractivity contribution in [3.8, 4) is 17.6 Å². The highest BCUT2D eigenvalue weighted by Gasteiger charge is 2.52. The average molecular weight is 530 g/mol. The van der Waals surface area contributed by atoms with Gasteiger partial charge in [-0.15, -0.1) is 0 Å². The fourth-order valence-corrected chi connectivity index (χ4v) is 4.85. The van der Waals surface area contributed by atoms with Crippen LogP contribution in [0.1, 0.15) is 37.3 Å². The average Bonchev–Trinajstić information content (AvgIpc) is 3.11. The molecule has 1 saturated carbocycles. The van der Waals surface area contributed by atoms with Gasteiger partial charge in [-0.05, 0) is 62.1 Å². The SMILES string of the molecule is CCOC(=O)NC(=O)C(C#N)=NNc1cc(Cl)c(Oc2ccc3c(c2C)C2(CCC2)C(=O)N3)c(Cl)c1. The number of ether oxygens (including phenoxy) is 2. The second-order valence-corrected chi connectivity index (χ2v) is 9.05. The molecule has 2 aromatic rings. The van der Waals surface area contributed by atoms with Crippen LogP contribution < -0.4 is 20.8 Å². The predicted octanol–water partition coefficient (Wildman–Crippen LogP) is 5.03. The Labute approximate surface area is 216 Å². The summed E-state index contributed by atoms with van der Waals surface area (Å²) in [5.74, 6) is -0.313. The van der Waals surface area contributed by atoms with Crippen LogP contribution in [0, 0.1) is 18.3 Å². The van der Waals surface area contributed by atoms with Crippen LogP contribution in [0.25, 0.3) is 0 Å². The minimum atomic E-state index is -1.04. The number of fused-ring (bicyclic) bond motifs is 2. The first-order valence-corrected chi connectivity index (χ1v) is 11.8. The van der Waals surface area contributed by atoms with E-state index >= 15 is 0 Å². The molecule has 4 rings (SSSR count). The number of anilines is 2. The number of imide groups is 1. The van der Waals surface area contributed by atoms with E-state index in [-0.39, 0.29) is 34.0 Å². The van der Waals surface area contributed by atoms with E-state index in [1.165, 1.54) is 12.1 Å². The van der Waals surface area contributed by atoms with Gasteiger partial charge < -0.3 is 14.8 Å². The Kier molecular flexibility index (Phi) is 7.06. The lowest BCUT2D eigenvalue weighted by Crippen LogP contribution is -2.41. The van der Waals surface area contributed by atoms with Crippen molar-refractivity contribution in [3.05, 3.63) is 45.4 Å². The molecule has 0 aromatic heterocycles. The number of hydrogen-bond acceptors (Lipinski definition) is 8.